The van der Waals surface area contributed by atoms with Crippen LogP contribution >= 0.6 is 0 Å². The van der Waals surface area contributed by atoms with E-state index in [2.05, 4.69) is 10.3 Å². The number of pyridine rings is 1. The van der Waals surface area contributed by atoms with Crippen molar-refractivity contribution in [1.82, 2.24) is 4.98 Å². The van der Waals surface area contributed by atoms with Crippen LogP contribution < -0.4 is 20.5 Å². The molecule has 0 aliphatic rings. The summed E-state index contributed by atoms with van der Waals surface area (Å²) in [4.78, 5) is 16.4. The standard InChI is InChI=1S/C15H17N3O3/c1-9-4-5-17-14(6-9)18-15(19)10-7-12(20-2)13(21-3)8-11(10)16/h4-8H,16H2,1-3H3,(H,17,18,19). The normalized spacial score (nSPS) is 10.0. The minimum Gasteiger partial charge on any atom is -0.493 e. The number of hydrogen-bond acceptors (Lipinski definition) is 5. The van der Waals surface area contributed by atoms with Gasteiger partial charge in [-0.1, -0.05) is 0 Å². The molecule has 1 aromatic carbocycles. The second-order valence-electron chi connectivity index (χ2n) is 4.47. The molecule has 0 fully saturated rings. The highest BCUT2D eigenvalue weighted by Gasteiger charge is 2.15. The van der Waals surface area contributed by atoms with Crippen LogP contribution in [0.4, 0.5) is 11.5 Å². The average molecular weight is 287 g/mol. The molecule has 0 aliphatic heterocycles. The molecule has 6 heteroatoms. The van der Waals surface area contributed by atoms with Crippen LogP contribution in [-0.2, 0) is 0 Å². The fourth-order valence-electron chi connectivity index (χ4n) is 1.88. The summed E-state index contributed by atoms with van der Waals surface area (Å²) < 4.78 is 10.3. The Labute approximate surface area is 122 Å². The van der Waals surface area contributed by atoms with Crippen molar-refractivity contribution < 1.29 is 14.3 Å². The Bertz CT molecular complexity index is 671. The number of aromatic nitrogens is 1. The van der Waals surface area contributed by atoms with Gasteiger partial charge in [-0.2, -0.15) is 0 Å². The lowest BCUT2D eigenvalue weighted by atomic mass is 10.1. The maximum atomic E-state index is 12.3. The molecule has 1 aromatic heterocycles. The maximum Gasteiger partial charge on any atom is 0.259 e. The summed E-state index contributed by atoms with van der Waals surface area (Å²) in [5.74, 6) is 1.02. The van der Waals surface area contributed by atoms with Crippen LogP contribution in [0, 0.1) is 6.92 Å². The van der Waals surface area contributed by atoms with E-state index in [-0.39, 0.29) is 5.91 Å². The number of rotatable bonds is 4. The topological polar surface area (TPSA) is 86.5 Å². The zero-order valence-corrected chi connectivity index (χ0v) is 12.1. The molecule has 2 aromatic rings. The Hall–Kier alpha value is -2.76. The smallest absolute Gasteiger partial charge is 0.259 e. The van der Waals surface area contributed by atoms with Crippen LogP contribution in [0.2, 0.25) is 0 Å². The molecule has 0 aliphatic carbocycles. The van der Waals surface area contributed by atoms with Gasteiger partial charge < -0.3 is 20.5 Å². The van der Waals surface area contributed by atoms with Crippen molar-refractivity contribution in [3.05, 3.63) is 41.6 Å². The first-order valence-electron chi connectivity index (χ1n) is 6.30. The predicted molar refractivity (Wildman–Crippen MR) is 80.9 cm³/mol. The van der Waals surface area contributed by atoms with E-state index >= 15 is 0 Å². The van der Waals surface area contributed by atoms with Gasteiger partial charge in [0.15, 0.2) is 11.5 Å². The second kappa shape index (κ2) is 6.13. The number of hydrogen-bond donors (Lipinski definition) is 2. The van der Waals surface area contributed by atoms with Gasteiger partial charge in [0.05, 0.1) is 19.8 Å². The maximum absolute atomic E-state index is 12.3. The lowest BCUT2D eigenvalue weighted by Gasteiger charge is -2.12. The van der Waals surface area contributed by atoms with Crippen molar-refractivity contribution in [2.75, 3.05) is 25.3 Å². The fraction of sp³-hybridized carbons (Fsp3) is 0.200. The molecule has 3 N–H and O–H groups in total. The lowest BCUT2D eigenvalue weighted by Crippen LogP contribution is -2.15. The zero-order valence-electron chi connectivity index (χ0n) is 12.1. The number of ether oxygens (including phenoxy) is 2. The summed E-state index contributed by atoms with van der Waals surface area (Å²) in [6.07, 6.45) is 1.63. The van der Waals surface area contributed by atoms with Crippen molar-refractivity contribution in [3.63, 3.8) is 0 Å². The number of anilines is 2. The minimum atomic E-state index is -0.355. The molecule has 0 unspecified atom stereocenters. The van der Waals surface area contributed by atoms with Gasteiger partial charge in [0.1, 0.15) is 5.82 Å². The van der Waals surface area contributed by atoms with Crippen molar-refractivity contribution in [3.8, 4) is 11.5 Å². The number of nitrogens with zero attached hydrogens (tertiary/aromatic N) is 1. The van der Waals surface area contributed by atoms with E-state index in [1.165, 1.54) is 14.2 Å². The van der Waals surface area contributed by atoms with Crippen molar-refractivity contribution >= 4 is 17.4 Å². The zero-order chi connectivity index (χ0) is 15.4. The van der Waals surface area contributed by atoms with Gasteiger partial charge in [-0.25, -0.2) is 4.98 Å². The quantitative estimate of drug-likeness (QED) is 0.842. The molecule has 0 saturated carbocycles. The van der Waals surface area contributed by atoms with E-state index < -0.39 is 0 Å². The van der Waals surface area contributed by atoms with Gasteiger partial charge in [-0.05, 0) is 30.7 Å². The van der Waals surface area contributed by atoms with Gasteiger partial charge >= 0.3 is 0 Å². The molecule has 0 radical (unpaired) electrons. The van der Waals surface area contributed by atoms with Crippen LogP contribution in [-0.4, -0.2) is 25.1 Å². The summed E-state index contributed by atoms with van der Waals surface area (Å²) in [7, 11) is 3.01. The summed E-state index contributed by atoms with van der Waals surface area (Å²) >= 11 is 0. The lowest BCUT2D eigenvalue weighted by molar-refractivity contribution is 0.102. The monoisotopic (exact) mass is 287 g/mol. The van der Waals surface area contributed by atoms with E-state index in [9.17, 15) is 4.79 Å². The average Bonchev–Trinajstić information content (AvgIpc) is 2.46. The van der Waals surface area contributed by atoms with Crippen LogP contribution in [0.3, 0.4) is 0 Å². The Morgan fingerprint density at radius 2 is 1.86 bits per heavy atom. The van der Waals surface area contributed by atoms with Crippen molar-refractivity contribution in [1.29, 1.82) is 0 Å². The molecule has 2 rings (SSSR count). The third-order valence-corrected chi connectivity index (χ3v) is 2.96. The number of carbonyl (C=O) groups is 1. The van der Waals surface area contributed by atoms with Crippen LogP contribution in [0.5, 0.6) is 11.5 Å². The Morgan fingerprint density at radius 3 is 2.48 bits per heavy atom. The summed E-state index contributed by atoms with van der Waals surface area (Å²) in [6, 6.07) is 6.71. The fourth-order valence-corrected chi connectivity index (χ4v) is 1.88. The number of nitrogen functional groups attached to an aromatic ring is 1. The third-order valence-electron chi connectivity index (χ3n) is 2.96. The largest absolute Gasteiger partial charge is 0.493 e. The van der Waals surface area contributed by atoms with Gasteiger partial charge in [0.2, 0.25) is 0 Å². The van der Waals surface area contributed by atoms with E-state index in [1.54, 1.807) is 24.4 Å². The van der Waals surface area contributed by atoms with Gasteiger partial charge in [-0.15, -0.1) is 0 Å². The first-order valence-corrected chi connectivity index (χ1v) is 6.30. The summed E-state index contributed by atoms with van der Waals surface area (Å²) in [5.41, 5.74) is 7.49. The number of carbonyl (C=O) groups excluding carboxylic acids is 1. The molecule has 1 heterocycles. The molecule has 0 saturated heterocycles. The van der Waals surface area contributed by atoms with Gasteiger partial charge in [-0.3, -0.25) is 4.79 Å². The van der Waals surface area contributed by atoms with E-state index in [1.807, 2.05) is 13.0 Å². The number of benzene rings is 1. The van der Waals surface area contributed by atoms with Crippen LogP contribution in [0.1, 0.15) is 15.9 Å². The van der Waals surface area contributed by atoms with Crippen LogP contribution in [0.15, 0.2) is 30.5 Å². The number of nitrogens with two attached hydrogens (primary N) is 1. The molecular weight excluding hydrogens is 270 g/mol. The number of methoxy groups -OCH3 is 2. The summed E-state index contributed by atoms with van der Waals surface area (Å²) in [5, 5.41) is 2.70. The summed E-state index contributed by atoms with van der Waals surface area (Å²) in [6.45, 7) is 1.92. The highest BCUT2D eigenvalue weighted by molar-refractivity contribution is 6.07. The van der Waals surface area contributed by atoms with E-state index in [0.717, 1.165) is 5.56 Å². The van der Waals surface area contributed by atoms with Gasteiger partial charge in [0, 0.05) is 18.0 Å². The van der Waals surface area contributed by atoms with Crippen molar-refractivity contribution in [2.24, 2.45) is 0 Å². The molecule has 21 heavy (non-hydrogen) atoms. The minimum absolute atomic E-state index is 0.302. The number of nitrogens with one attached hydrogen (secondary N) is 1. The Balaban J connectivity index is 2.31. The highest BCUT2D eigenvalue weighted by Crippen LogP contribution is 2.32. The molecule has 1 amide bonds. The molecule has 0 bridgehead atoms. The Kier molecular flexibility index (Phi) is 4.27. The van der Waals surface area contributed by atoms with Crippen molar-refractivity contribution in [2.45, 2.75) is 6.92 Å². The molecule has 6 nitrogen and oxygen atoms in total. The molecule has 0 atom stereocenters. The third kappa shape index (κ3) is 3.22. The molecule has 110 valence electrons. The predicted octanol–water partition coefficient (Wildman–Crippen LogP) is 2.24. The second-order valence-corrected chi connectivity index (χ2v) is 4.47. The first-order chi connectivity index (χ1) is 10.0. The van der Waals surface area contributed by atoms with Gasteiger partial charge in [0.25, 0.3) is 5.91 Å². The SMILES string of the molecule is COc1cc(N)c(C(=O)Nc2cc(C)ccn2)cc1OC. The first kappa shape index (κ1) is 14.6. The molecule has 0 spiro atoms. The highest BCUT2D eigenvalue weighted by atomic mass is 16.5. The van der Waals surface area contributed by atoms with E-state index in [0.29, 0.717) is 28.6 Å². The van der Waals surface area contributed by atoms with Crippen LogP contribution in [0.25, 0.3) is 0 Å². The number of amides is 1. The Morgan fingerprint density at radius 1 is 1.19 bits per heavy atom. The number of aryl methyl sites for hydroxylation is 1. The molecular formula is C15H17N3O3. The van der Waals surface area contributed by atoms with E-state index in [4.69, 9.17) is 15.2 Å².